The number of rotatable bonds is 11. The van der Waals surface area contributed by atoms with Gasteiger partial charge in [0.05, 0.1) is 12.6 Å². The summed E-state index contributed by atoms with van der Waals surface area (Å²) >= 11 is 0. The van der Waals surface area contributed by atoms with Gasteiger partial charge >= 0.3 is 0 Å². The van der Waals surface area contributed by atoms with Crippen molar-refractivity contribution in [3.63, 3.8) is 0 Å². The van der Waals surface area contributed by atoms with Gasteiger partial charge in [0.1, 0.15) is 5.75 Å². The molecule has 0 bridgehead atoms. The van der Waals surface area contributed by atoms with Crippen molar-refractivity contribution in [3.8, 4) is 5.75 Å². The summed E-state index contributed by atoms with van der Waals surface area (Å²) in [5.74, 6) is 2.27. The fourth-order valence-electron chi connectivity index (χ4n) is 3.62. The van der Waals surface area contributed by atoms with E-state index in [2.05, 4.69) is 36.6 Å². The highest BCUT2D eigenvalue weighted by Gasteiger charge is 2.17. The molecule has 1 fully saturated rings. The van der Waals surface area contributed by atoms with Crippen molar-refractivity contribution >= 4 is 29.9 Å². The summed E-state index contributed by atoms with van der Waals surface area (Å²) in [5, 5.41) is 16.0. The number of hydrogen-bond acceptors (Lipinski definition) is 3. The maximum absolute atomic E-state index is 9.24. The van der Waals surface area contributed by atoms with Gasteiger partial charge < -0.3 is 20.5 Å². The molecule has 28 heavy (non-hydrogen) atoms. The number of para-hydroxylation sites is 1. The van der Waals surface area contributed by atoms with Crippen LogP contribution < -0.4 is 15.4 Å². The summed E-state index contributed by atoms with van der Waals surface area (Å²) < 4.78 is 6.22. The summed E-state index contributed by atoms with van der Waals surface area (Å²) in [4.78, 5) is 4.76. The Morgan fingerprint density at radius 2 is 1.93 bits per heavy atom. The molecule has 160 valence electrons. The first-order valence-corrected chi connectivity index (χ1v) is 10.6. The molecule has 6 heteroatoms. The lowest BCUT2D eigenvalue weighted by Crippen LogP contribution is -2.40. The van der Waals surface area contributed by atoms with Crippen molar-refractivity contribution in [2.45, 2.75) is 71.4 Å². The third kappa shape index (κ3) is 8.99. The van der Waals surface area contributed by atoms with Crippen LogP contribution in [0, 0.1) is 5.92 Å². The molecule has 1 aliphatic rings. The van der Waals surface area contributed by atoms with Crippen molar-refractivity contribution < 1.29 is 9.84 Å². The second-order valence-corrected chi connectivity index (χ2v) is 7.38. The van der Waals surface area contributed by atoms with Crippen molar-refractivity contribution in [2.75, 3.05) is 19.7 Å². The van der Waals surface area contributed by atoms with Crippen molar-refractivity contribution in [1.82, 2.24) is 10.6 Å². The molecule has 1 aromatic rings. The lowest BCUT2D eigenvalue weighted by Gasteiger charge is -2.19. The number of aliphatic imine (C=N–C) groups is 1. The molecule has 1 unspecified atom stereocenters. The number of guanidine groups is 1. The quantitative estimate of drug-likeness (QED) is 0.237. The van der Waals surface area contributed by atoms with Crippen LogP contribution in [-0.4, -0.2) is 36.9 Å². The van der Waals surface area contributed by atoms with Gasteiger partial charge in [0.2, 0.25) is 0 Å². The standard InChI is InChI=1S/C22H37N3O2.HI/c1-3-9-18(14-15-26)16-24-22(23-4-2)25-17-19-10-5-8-13-21(19)27-20-11-6-7-12-20;/h5,8,10,13,18,20,26H,3-4,6-7,9,11-12,14-17H2,1-2H3,(H2,23,24,25);1H. The molecule has 1 aromatic carbocycles. The second kappa shape index (κ2) is 14.9. The highest BCUT2D eigenvalue weighted by atomic mass is 127. The molecule has 1 aliphatic carbocycles. The third-order valence-electron chi connectivity index (χ3n) is 5.11. The van der Waals surface area contributed by atoms with Crippen LogP contribution in [0.5, 0.6) is 5.75 Å². The van der Waals surface area contributed by atoms with Gasteiger partial charge in [-0.3, -0.25) is 0 Å². The molecule has 1 atom stereocenters. The molecular formula is C22H38IN3O2. The highest BCUT2D eigenvalue weighted by Crippen LogP contribution is 2.27. The molecule has 0 spiro atoms. The van der Waals surface area contributed by atoms with Crippen LogP contribution in [0.15, 0.2) is 29.3 Å². The van der Waals surface area contributed by atoms with Gasteiger partial charge in [-0.1, -0.05) is 31.5 Å². The van der Waals surface area contributed by atoms with E-state index in [0.717, 1.165) is 62.5 Å². The first kappa shape index (κ1) is 25.0. The van der Waals surface area contributed by atoms with E-state index in [9.17, 15) is 5.11 Å². The highest BCUT2D eigenvalue weighted by molar-refractivity contribution is 14.0. The summed E-state index contributed by atoms with van der Waals surface area (Å²) in [5.41, 5.74) is 1.13. The topological polar surface area (TPSA) is 65.9 Å². The monoisotopic (exact) mass is 503 g/mol. The third-order valence-corrected chi connectivity index (χ3v) is 5.11. The van der Waals surface area contributed by atoms with Gasteiger partial charge in [-0.15, -0.1) is 24.0 Å². The maximum atomic E-state index is 9.24. The van der Waals surface area contributed by atoms with E-state index in [-0.39, 0.29) is 30.6 Å². The van der Waals surface area contributed by atoms with Crippen molar-refractivity contribution in [2.24, 2.45) is 10.9 Å². The molecule has 5 nitrogen and oxygen atoms in total. The van der Waals surface area contributed by atoms with Crippen LogP contribution in [0.4, 0.5) is 0 Å². The molecule has 0 radical (unpaired) electrons. The Labute approximate surface area is 187 Å². The minimum atomic E-state index is 0. The van der Waals surface area contributed by atoms with E-state index in [0.29, 0.717) is 18.6 Å². The molecule has 0 aromatic heterocycles. The van der Waals surface area contributed by atoms with Crippen molar-refractivity contribution in [3.05, 3.63) is 29.8 Å². The average Bonchev–Trinajstić information content (AvgIpc) is 3.18. The molecule has 0 aliphatic heterocycles. The van der Waals surface area contributed by atoms with Gasteiger partial charge in [0, 0.05) is 25.3 Å². The van der Waals surface area contributed by atoms with Gasteiger partial charge in [-0.05, 0) is 57.4 Å². The maximum Gasteiger partial charge on any atom is 0.191 e. The minimum Gasteiger partial charge on any atom is -0.490 e. The fourth-order valence-corrected chi connectivity index (χ4v) is 3.62. The van der Waals surface area contributed by atoms with Crippen LogP contribution in [-0.2, 0) is 6.54 Å². The smallest absolute Gasteiger partial charge is 0.191 e. The molecule has 0 heterocycles. The summed E-state index contributed by atoms with van der Waals surface area (Å²) in [6.07, 6.45) is 8.29. The predicted molar refractivity (Wildman–Crippen MR) is 128 cm³/mol. The van der Waals surface area contributed by atoms with Crippen molar-refractivity contribution in [1.29, 1.82) is 0 Å². The molecule has 3 N–H and O–H groups in total. The zero-order chi connectivity index (χ0) is 19.3. The number of ether oxygens (including phenoxy) is 1. The first-order valence-electron chi connectivity index (χ1n) is 10.6. The van der Waals surface area contributed by atoms with Gasteiger partial charge in [-0.2, -0.15) is 0 Å². The van der Waals surface area contributed by atoms with E-state index in [1.54, 1.807) is 0 Å². The van der Waals surface area contributed by atoms with Crippen LogP contribution in [0.25, 0.3) is 0 Å². The van der Waals surface area contributed by atoms with Crippen LogP contribution in [0.2, 0.25) is 0 Å². The Morgan fingerprint density at radius 3 is 2.61 bits per heavy atom. The summed E-state index contributed by atoms with van der Waals surface area (Å²) in [6.45, 7) is 6.75. The van der Waals surface area contributed by atoms with E-state index in [1.165, 1.54) is 12.8 Å². The van der Waals surface area contributed by atoms with Crippen LogP contribution >= 0.6 is 24.0 Å². The Balaban J connectivity index is 0.00000392. The van der Waals surface area contributed by atoms with Gasteiger partial charge in [0.25, 0.3) is 0 Å². The Kier molecular flexibility index (Phi) is 13.3. The largest absolute Gasteiger partial charge is 0.490 e. The zero-order valence-electron chi connectivity index (χ0n) is 17.5. The zero-order valence-corrected chi connectivity index (χ0v) is 19.8. The second-order valence-electron chi connectivity index (χ2n) is 7.38. The Bertz CT molecular complexity index is 556. The van der Waals surface area contributed by atoms with E-state index in [4.69, 9.17) is 9.73 Å². The van der Waals surface area contributed by atoms with Gasteiger partial charge in [-0.25, -0.2) is 4.99 Å². The van der Waals surface area contributed by atoms with Crippen LogP contribution in [0.1, 0.15) is 64.4 Å². The average molecular weight is 503 g/mol. The molecule has 1 saturated carbocycles. The molecule has 0 amide bonds. The van der Waals surface area contributed by atoms with E-state index >= 15 is 0 Å². The van der Waals surface area contributed by atoms with E-state index in [1.807, 2.05) is 12.1 Å². The number of nitrogens with one attached hydrogen (secondary N) is 2. The first-order chi connectivity index (χ1) is 13.3. The van der Waals surface area contributed by atoms with Gasteiger partial charge in [0.15, 0.2) is 5.96 Å². The number of aliphatic hydroxyl groups is 1. The number of hydrogen-bond donors (Lipinski definition) is 3. The lowest BCUT2D eigenvalue weighted by molar-refractivity contribution is 0.208. The SMILES string of the molecule is CCCC(CCO)CNC(=NCc1ccccc1OC1CCCC1)NCC.I. The van der Waals surface area contributed by atoms with Crippen LogP contribution in [0.3, 0.4) is 0 Å². The van der Waals surface area contributed by atoms with E-state index < -0.39 is 0 Å². The summed E-state index contributed by atoms with van der Waals surface area (Å²) in [6, 6.07) is 8.24. The molecular weight excluding hydrogens is 465 g/mol. The normalized spacial score (nSPS) is 15.8. The Morgan fingerprint density at radius 1 is 1.18 bits per heavy atom. The predicted octanol–water partition coefficient (Wildman–Crippen LogP) is 4.48. The fraction of sp³-hybridized carbons (Fsp3) is 0.682. The number of halogens is 1. The number of nitrogens with zero attached hydrogens (tertiary/aromatic N) is 1. The summed E-state index contributed by atoms with van der Waals surface area (Å²) in [7, 11) is 0. The molecule has 0 saturated heterocycles. The lowest BCUT2D eigenvalue weighted by atomic mass is 10.0. The minimum absolute atomic E-state index is 0. The number of aliphatic hydroxyl groups excluding tert-OH is 1. The Hall–Kier alpha value is -1.02. The number of benzene rings is 1. The molecule has 2 rings (SSSR count).